The second-order valence-corrected chi connectivity index (χ2v) is 4.35. The van der Waals surface area contributed by atoms with Gasteiger partial charge in [0.05, 0.1) is 4.92 Å². The lowest BCUT2D eigenvalue weighted by Crippen LogP contribution is -2.26. The van der Waals surface area contributed by atoms with Gasteiger partial charge in [0.25, 0.3) is 11.6 Å². The van der Waals surface area contributed by atoms with Crippen molar-refractivity contribution in [2.45, 2.75) is 26.2 Å². The normalized spacial score (nSPS) is 10.2. The van der Waals surface area contributed by atoms with Crippen molar-refractivity contribution in [1.29, 1.82) is 0 Å². The van der Waals surface area contributed by atoms with Crippen LogP contribution in [0.5, 0.6) is 0 Å². The molecule has 0 spiro atoms. The van der Waals surface area contributed by atoms with Crippen molar-refractivity contribution in [3.05, 3.63) is 39.9 Å². The minimum atomic E-state index is -0.553. The number of benzene rings is 1. The van der Waals surface area contributed by atoms with Gasteiger partial charge in [-0.1, -0.05) is 25.5 Å². The zero-order valence-electron chi connectivity index (χ0n) is 11.6. The largest absolute Gasteiger partial charge is 0.381 e. The first-order valence-electron chi connectivity index (χ1n) is 6.76. The van der Waals surface area contributed by atoms with Crippen LogP contribution < -0.4 is 5.32 Å². The van der Waals surface area contributed by atoms with Crippen LogP contribution in [0, 0.1) is 10.1 Å². The highest BCUT2D eigenvalue weighted by molar-refractivity contribution is 5.98. The molecular formula is C14H20N2O4. The molecule has 0 saturated heterocycles. The van der Waals surface area contributed by atoms with E-state index in [0.29, 0.717) is 19.6 Å². The summed E-state index contributed by atoms with van der Waals surface area (Å²) in [4.78, 5) is 22.1. The highest BCUT2D eigenvalue weighted by Crippen LogP contribution is 2.17. The molecule has 1 rings (SSSR count). The minimum absolute atomic E-state index is 0.0874. The molecule has 0 aliphatic rings. The number of rotatable bonds is 9. The minimum Gasteiger partial charge on any atom is -0.381 e. The molecule has 0 atom stereocenters. The lowest BCUT2D eigenvalue weighted by molar-refractivity contribution is -0.385. The Hall–Kier alpha value is -1.95. The van der Waals surface area contributed by atoms with Crippen molar-refractivity contribution in [3.8, 4) is 0 Å². The Morgan fingerprint density at radius 2 is 2.00 bits per heavy atom. The van der Waals surface area contributed by atoms with Crippen LogP contribution in [0.15, 0.2) is 24.3 Å². The average molecular weight is 280 g/mol. The van der Waals surface area contributed by atoms with E-state index in [4.69, 9.17) is 4.74 Å². The quantitative estimate of drug-likeness (QED) is 0.428. The Morgan fingerprint density at radius 1 is 1.30 bits per heavy atom. The maximum Gasteiger partial charge on any atom is 0.282 e. The van der Waals surface area contributed by atoms with Gasteiger partial charge in [-0.15, -0.1) is 0 Å². The van der Waals surface area contributed by atoms with Gasteiger partial charge < -0.3 is 10.1 Å². The summed E-state index contributed by atoms with van der Waals surface area (Å²) >= 11 is 0. The van der Waals surface area contributed by atoms with Gasteiger partial charge in [-0.25, -0.2) is 0 Å². The zero-order chi connectivity index (χ0) is 14.8. The third kappa shape index (κ3) is 5.36. The van der Waals surface area contributed by atoms with Gasteiger partial charge in [-0.2, -0.15) is 0 Å². The van der Waals surface area contributed by atoms with Gasteiger partial charge in [0, 0.05) is 25.8 Å². The van der Waals surface area contributed by atoms with Crippen molar-refractivity contribution in [2.24, 2.45) is 0 Å². The predicted molar refractivity (Wildman–Crippen MR) is 75.8 cm³/mol. The van der Waals surface area contributed by atoms with Crippen LogP contribution >= 0.6 is 0 Å². The Labute approximate surface area is 118 Å². The van der Waals surface area contributed by atoms with E-state index in [1.54, 1.807) is 6.07 Å². The van der Waals surface area contributed by atoms with Crippen LogP contribution in [0.1, 0.15) is 36.5 Å². The van der Waals surface area contributed by atoms with Crippen LogP contribution in [-0.2, 0) is 4.74 Å². The van der Waals surface area contributed by atoms with Gasteiger partial charge >= 0.3 is 0 Å². The van der Waals surface area contributed by atoms with E-state index in [-0.39, 0.29) is 11.3 Å². The van der Waals surface area contributed by atoms with Gasteiger partial charge in [0.15, 0.2) is 0 Å². The summed E-state index contributed by atoms with van der Waals surface area (Å²) in [5, 5.41) is 13.5. The summed E-state index contributed by atoms with van der Waals surface area (Å²) in [7, 11) is 0. The molecule has 1 aromatic rings. The monoisotopic (exact) mass is 280 g/mol. The van der Waals surface area contributed by atoms with E-state index in [9.17, 15) is 14.9 Å². The summed E-state index contributed by atoms with van der Waals surface area (Å²) in [6, 6.07) is 5.92. The van der Waals surface area contributed by atoms with Gasteiger partial charge in [-0.05, 0) is 18.9 Å². The maximum atomic E-state index is 11.8. The van der Waals surface area contributed by atoms with Crippen molar-refractivity contribution < 1.29 is 14.5 Å². The van der Waals surface area contributed by atoms with Crippen molar-refractivity contribution in [3.63, 3.8) is 0 Å². The highest BCUT2D eigenvalue weighted by Gasteiger charge is 2.18. The van der Waals surface area contributed by atoms with E-state index in [2.05, 4.69) is 12.2 Å². The molecule has 0 aliphatic heterocycles. The molecule has 0 unspecified atom stereocenters. The van der Waals surface area contributed by atoms with Crippen LogP contribution in [0.2, 0.25) is 0 Å². The number of amides is 1. The third-order valence-electron chi connectivity index (χ3n) is 2.74. The van der Waals surface area contributed by atoms with Crippen LogP contribution in [0.3, 0.4) is 0 Å². The van der Waals surface area contributed by atoms with Crippen molar-refractivity contribution in [1.82, 2.24) is 5.32 Å². The highest BCUT2D eigenvalue weighted by atomic mass is 16.6. The number of unbranched alkanes of at least 4 members (excludes halogenated alkanes) is 1. The molecule has 0 heterocycles. The molecule has 0 fully saturated rings. The van der Waals surface area contributed by atoms with Crippen molar-refractivity contribution in [2.75, 3.05) is 19.8 Å². The zero-order valence-corrected chi connectivity index (χ0v) is 11.6. The molecule has 6 heteroatoms. The smallest absolute Gasteiger partial charge is 0.282 e. The van der Waals surface area contributed by atoms with E-state index < -0.39 is 10.8 Å². The fraction of sp³-hybridized carbons (Fsp3) is 0.500. The lowest BCUT2D eigenvalue weighted by atomic mass is 10.1. The van der Waals surface area contributed by atoms with Gasteiger partial charge in [-0.3, -0.25) is 14.9 Å². The molecule has 0 aliphatic carbocycles. The molecule has 0 radical (unpaired) electrons. The molecule has 110 valence electrons. The number of para-hydroxylation sites is 1. The van der Waals surface area contributed by atoms with Crippen LogP contribution in [-0.4, -0.2) is 30.6 Å². The number of hydrogen-bond acceptors (Lipinski definition) is 4. The van der Waals surface area contributed by atoms with E-state index in [0.717, 1.165) is 19.4 Å². The number of carbonyl (C=O) groups is 1. The topological polar surface area (TPSA) is 81.5 Å². The standard InChI is InChI=1S/C14H20N2O4/c1-2-3-10-20-11-6-9-15-14(17)12-7-4-5-8-13(12)16(18)19/h4-5,7-8H,2-3,6,9-11H2,1H3,(H,15,17). The average Bonchev–Trinajstić information content (AvgIpc) is 2.46. The SMILES string of the molecule is CCCCOCCCNC(=O)c1ccccc1[N+](=O)[O-]. The number of carbonyl (C=O) groups excluding carboxylic acids is 1. The Bertz CT molecular complexity index is 449. The van der Waals surface area contributed by atoms with Gasteiger partial charge in [0.2, 0.25) is 0 Å². The van der Waals surface area contributed by atoms with E-state index >= 15 is 0 Å². The molecule has 1 N–H and O–H groups in total. The number of nitro groups is 1. The number of hydrogen-bond donors (Lipinski definition) is 1. The summed E-state index contributed by atoms with van der Waals surface area (Å²) in [6.45, 7) is 3.85. The summed E-state index contributed by atoms with van der Waals surface area (Å²) < 4.78 is 5.36. The number of nitrogens with zero attached hydrogens (tertiary/aromatic N) is 1. The molecule has 0 saturated carbocycles. The summed E-state index contributed by atoms with van der Waals surface area (Å²) in [5.74, 6) is -0.425. The Morgan fingerprint density at radius 3 is 2.70 bits per heavy atom. The summed E-state index contributed by atoms with van der Waals surface area (Å²) in [5.41, 5.74) is -0.0893. The first-order chi connectivity index (χ1) is 9.66. The number of nitro benzene ring substituents is 1. The molecule has 6 nitrogen and oxygen atoms in total. The first kappa shape index (κ1) is 16.1. The Balaban J connectivity index is 2.35. The third-order valence-corrected chi connectivity index (χ3v) is 2.74. The predicted octanol–water partition coefficient (Wildman–Crippen LogP) is 2.53. The Kier molecular flexibility index (Phi) is 7.27. The molecular weight excluding hydrogens is 260 g/mol. The molecule has 1 amide bonds. The second-order valence-electron chi connectivity index (χ2n) is 4.35. The molecule has 0 bridgehead atoms. The van der Waals surface area contributed by atoms with E-state index in [1.807, 2.05) is 0 Å². The second kappa shape index (κ2) is 9.03. The fourth-order valence-corrected chi connectivity index (χ4v) is 1.64. The van der Waals surface area contributed by atoms with E-state index in [1.165, 1.54) is 18.2 Å². The lowest BCUT2D eigenvalue weighted by Gasteiger charge is -2.06. The number of nitrogens with one attached hydrogen (secondary N) is 1. The maximum absolute atomic E-state index is 11.8. The molecule has 20 heavy (non-hydrogen) atoms. The first-order valence-corrected chi connectivity index (χ1v) is 6.76. The van der Waals surface area contributed by atoms with Crippen molar-refractivity contribution >= 4 is 11.6 Å². The van der Waals surface area contributed by atoms with Crippen LogP contribution in [0.25, 0.3) is 0 Å². The summed E-state index contributed by atoms with van der Waals surface area (Å²) in [6.07, 6.45) is 2.81. The van der Waals surface area contributed by atoms with Gasteiger partial charge in [0.1, 0.15) is 5.56 Å². The number of ether oxygens (including phenoxy) is 1. The van der Waals surface area contributed by atoms with Crippen LogP contribution in [0.4, 0.5) is 5.69 Å². The molecule has 0 aromatic heterocycles. The fourth-order valence-electron chi connectivity index (χ4n) is 1.64. The molecule has 1 aromatic carbocycles.